The van der Waals surface area contributed by atoms with Gasteiger partial charge in [0.15, 0.2) is 0 Å². The lowest BCUT2D eigenvalue weighted by Crippen LogP contribution is -2.50. The summed E-state index contributed by atoms with van der Waals surface area (Å²) in [6, 6.07) is 8.59. The number of hydrogen-bond acceptors (Lipinski definition) is 3. The van der Waals surface area contributed by atoms with Gasteiger partial charge in [0, 0.05) is 19.6 Å². The number of amides is 1. The molecule has 1 heterocycles. The van der Waals surface area contributed by atoms with Crippen molar-refractivity contribution in [1.82, 2.24) is 10.2 Å². The fourth-order valence-corrected chi connectivity index (χ4v) is 3.15. The van der Waals surface area contributed by atoms with Crippen molar-refractivity contribution in [3.63, 3.8) is 0 Å². The van der Waals surface area contributed by atoms with E-state index in [4.69, 9.17) is 0 Å². The maximum Gasteiger partial charge on any atom is 0.240 e. The Balaban J connectivity index is 1.97. The number of nitrogens with zero attached hydrogens (tertiary/aromatic N) is 1. The Morgan fingerprint density at radius 1 is 1.45 bits per heavy atom. The first kappa shape index (κ1) is 15.4. The Kier molecular flexibility index (Phi) is 5.49. The summed E-state index contributed by atoms with van der Waals surface area (Å²) in [5, 5.41) is 3.37. The smallest absolute Gasteiger partial charge is 0.240 e. The number of carbonyl (C=O) groups is 1. The van der Waals surface area contributed by atoms with Crippen LogP contribution >= 0.6 is 11.8 Å². The molecule has 110 valence electrons. The van der Waals surface area contributed by atoms with E-state index in [0.29, 0.717) is 6.04 Å². The molecule has 4 heteroatoms. The van der Waals surface area contributed by atoms with Crippen molar-refractivity contribution in [2.24, 2.45) is 0 Å². The SMILES string of the molecule is CSCCC(C)N(C)C(=O)C1Cc2ccccc2CN1. The fourth-order valence-electron chi connectivity index (χ4n) is 2.57. The molecule has 0 radical (unpaired) electrons. The van der Waals surface area contributed by atoms with Crippen molar-refractivity contribution in [3.8, 4) is 0 Å². The van der Waals surface area contributed by atoms with Gasteiger partial charge in [0.25, 0.3) is 0 Å². The van der Waals surface area contributed by atoms with Crippen molar-refractivity contribution in [3.05, 3.63) is 35.4 Å². The maximum absolute atomic E-state index is 12.6. The summed E-state index contributed by atoms with van der Waals surface area (Å²) in [6.07, 6.45) is 3.95. The number of rotatable bonds is 5. The summed E-state index contributed by atoms with van der Waals surface area (Å²) >= 11 is 1.83. The molecule has 2 rings (SSSR count). The van der Waals surface area contributed by atoms with Crippen LogP contribution in [0, 0.1) is 0 Å². The second-order valence-electron chi connectivity index (χ2n) is 5.49. The van der Waals surface area contributed by atoms with Crippen LogP contribution in [-0.2, 0) is 17.8 Å². The molecule has 3 nitrogen and oxygen atoms in total. The number of benzene rings is 1. The van der Waals surface area contributed by atoms with Gasteiger partial charge in [-0.25, -0.2) is 0 Å². The van der Waals surface area contributed by atoms with Gasteiger partial charge in [-0.05, 0) is 42.9 Å². The Morgan fingerprint density at radius 2 is 2.15 bits per heavy atom. The minimum absolute atomic E-state index is 0.0772. The number of fused-ring (bicyclic) bond motifs is 1. The van der Waals surface area contributed by atoms with Crippen molar-refractivity contribution < 1.29 is 4.79 Å². The van der Waals surface area contributed by atoms with Crippen LogP contribution in [-0.4, -0.2) is 41.9 Å². The van der Waals surface area contributed by atoms with Crippen LogP contribution in [0.2, 0.25) is 0 Å². The van der Waals surface area contributed by atoms with Gasteiger partial charge in [-0.1, -0.05) is 24.3 Å². The minimum atomic E-state index is -0.0772. The zero-order chi connectivity index (χ0) is 14.5. The van der Waals surface area contributed by atoms with Gasteiger partial charge >= 0.3 is 0 Å². The van der Waals surface area contributed by atoms with E-state index < -0.39 is 0 Å². The van der Waals surface area contributed by atoms with Crippen LogP contribution in [0.4, 0.5) is 0 Å². The average Bonchev–Trinajstić information content (AvgIpc) is 2.50. The highest BCUT2D eigenvalue weighted by Gasteiger charge is 2.28. The lowest BCUT2D eigenvalue weighted by Gasteiger charge is -2.32. The third kappa shape index (κ3) is 3.55. The molecule has 0 saturated carbocycles. The van der Waals surface area contributed by atoms with E-state index in [2.05, 4.69) is 42.8 Å². The summed E-state index contributed by atoms with van der Waals surface area (Å²) in [5.74, 6) is 1.31. The molecule has 1 amide bonds. The van der Waals surface area contributed by atoms with Gasteiger partial charge in [0.2, 0.25) is 5.91 Å². The molecule has 0 aliphatic carbocycles. The van der Waals surface area contributed by atoms with Crippen LogP contribution in [0.25, 0.3) is 0 Å². The number of thioether (sulfide) groups is 1. The zero-order valence-corrected chi connectivity index (χ0v) is 13.4. The van der Waals surface area contributed by atoms with Gasteiger partial charge < -0.3 is 10.2 Å². The Hall–Kier alpha value is -1.00. The Bertz CT molecular complexity index is 464. The van der Waals surface area contributed by atoms with Crippen LogP contribution in [0.15, 0.2) is 24.3 Å². The van der Waals surface area contributed by atoms with Crippen molar-refractivity contribution >= 4 is 17.7 Å². The third-order valence-corrected chi connectivity index (χ3v) is 4.77. The highest BCUT2D eigenvalue weighted by Crippen LogP contribution is 2.18. The Morgan fingerprint density at radius 3 is 2.85 bits per heavy atom. The topological polar surface area (TPSA) is 32.3 Å². The van der Waals surface area contributed by atoms with Crippen LogP contribution in [0.3, 0.4) is 0 Å². The van der Waals surface area contributed by atoms with E-state index >= 15 is 0 Å². The zero-order valence-electron chi connectivity index (χ0n) is 12.6. The van der Waals surface area contributed by atoms with Crippen LogP contribution in [0.5, 0.6) is 0 Å². The molecule has 0 aromatic heterocycles. The molecule has 20 heavy (non-hydrogen) atoms. The van der Waals surface area contributed by atoms with Crippen LogP contribution < -0.4 is 5.32 Å². The predicted octanol–water partition coefficient (Wildman–Crippen LogP) is 2.30. The lowest BCUT2D eigenvalue weighted by atomic mass is 9.95. The third-order valence-electron chi connectivity index (χ3n) is 4.13. The standard InChI is InChI=1S/C16H24N2OS/c1-12(8-9-20-3)18(2)16(19)15-10-13-6-4-5-7-14(13)11-17-15/h4-7,12,15,17H,8-11H2,1-3H3. The first-order valence-corrected chi connectivity index (χ1v) is 8.58. The van der Waals surface area contributed by atoms with Gasteiger partial charge in [0.05, 0.1) is 6.04 Å². The molecule has 0 bridgehead atoms. The van der Waals surface area contributed by atoms with E-state index in [1.54, 1.807) is 0 Å². The number of hydrogen-bond donors (Lipinski definition) is 1. The fraction of sp³-hybridized carbons (Fsp3) is 0.562. The first-order valence-electron chi connectivity index (χ1n) is 7.19. The summed E-state index contributed by atoms with van der Waals surface area (Å²) in [7, 11) is 1.93. The van der Waals surface area contributed by atoms with E-state index in [9.17, 15) is 4.79 Å². The molecule has 1 aromatic carbocycles. The first-order chi connectivity index (χ1) is 9.63. The number of carbonyl (C=O) groups excluding carboxylic acids is 1. The van der Waals surface area contributed by atoms with Gasteiger partial charge in [-0.2, -0.15) is 11.8 Å². The quantitative estimate of drug-likeness (QED) is 0.904. The van der Waals surface area contributed by atoms with E-state index in [1.807, 2.05) is 23.7 Å². The van der Waals surface area contributed by atoms with Crippen molar-refractivity contribution in [2.45, 2.75) is 38.4 Å². The number of nitrogens with one attached hydrogen (secondary N) is 1. The van der Waals surface area contributed by atoms with Gasteiger partial charge in [-0.3, -0.25) is 4.79 Å². The molecule has 0 saturated heterocycles. The highest BCUT2D eigenvalue weighted by atomic mass is 32.2. The number of likely N-dealkylation sites (N-methyl/N-ethyl adjacent to an activating group) is 1. The maximum atomic E-state index is 12.6. The van der Waals surface area contributed by atoms with E-state index in [1.165, 1.54) is 11.1 Å². The molecule has 1 aliphatic rings. The summed E-state index contributed by atoms with van der Waals surface area (Å²) < 4.78 is 0. The van der Waals surface area contributed by atoms with E-state index in [-0.39, 0.29) is 11.9 Å². The molecule has 1 N–H and O–H groups in total. The van der Waals surface area contributed by atoms with Gasteiger partial charge in [0.1, 0.15) is 0 Å². The molecular formula is C16H24N2OS. The van der Waals surface area contributed by atoms with Crippen molar-refractivity contribution in [1.29, 1.82) is 0 Å². The largest absolute Gasteiger partial charge is 0.342 e. The van der Waals surface area contributed by atoms with Crippen LogP contribution in [0.1, 0.15) is 24.5 Å². The van der Waals surface area contributed by atoms with E-state index in [0.717, 1.165) is 25.1 Å². The second kappa shape index (κ2) is 7.14. The van der Waals surface area contributed by atoms with Gasteiger partial charge in [-0.15, -0.1) is 0 Å². The molecule has 2 unspecified atom stereocenters. The predicted molar refractivity (Wildman–Crippen MR) is 86.0 cm³/mol. The molecule has 1 aromatic rings. The summed E-state index contributed by atoms with van der Waals surface area (Å²) in [5.41, 5.74) is 2.62. The summed E-state index contributed by atoms with van der Waals surface area (Å²) in [6.45, 7) is 2.92. The molecular weight excluding hydrogens is 268 g/mol. The molecule has 2 atom stereocenters. The Labute approximate surface area is 126 Å². The minimum Gasteiger partial charge on any atom is -0.342 e. The van der Waals surface area contributed by atoms with Crippen molar-refractivity contribution in [2.75, 3.05) is 19.1 Å². The molecule has 1 aliphatic heterocycles. The second-order valence-corrected chi connectivity index (χ2v) is 6.47. The molecule has 0 fully saturated rings. The molecule has 0 spiro atoms. The summed E-state index contributed by atoms with van der Waals surface area (Å²) in [4.78, 5) is 14.5. The average molecular weight is 292 g/mol. The monoisotopic (exact) mass is 292 g/mol. The normalized spacial score (nSPS) is 19.2. The lowest BCUT2D eigenvalue weighted by molar-refractivity contribution is -0.134. The highest BCUT2D eigenvalue weighted by molar-refractivity contribution is 7.98.